The predicted octanol–water partition coefficient (Wildman–Crippen LogP) is 6.02. The van der Waals surface area contributed by atoms with Crippen LogP contribution in [0.15, 0.2) is 82.8 Å². The summed E-state index contributed by atoms with van der Waals surface area (Å²) in [5.41, 5.74) is 6.34. The molecule has 2 heterocycles. The van der Waals surface area contributed by atoms with Crippen LogP contribution in [0.5, 0.6) is 0 Å². The lowest BCUT2D eigenvalue weighted by Crippen LogP contribution is -1.90. The van der Waals surface area contributed by atoms with Gasteiger partial charge in [0.1, 0.15) is 10.1 Å². The Morgan fingerprint density at radius 3 is 1.18 bits per heavy atom. The third-order valence-corrected chi connectivity index (χ3v) is 6.32. The predicted molar refractivity (Wildman–Crippen MR) is 116 cm³/mol. The number of aromatic nitrogens is 4. The van der Waals surface area contributed by atoms with E-state index in [2.05, 4.69) is 82.8 Å². The second kappa shape index (κ2) is 8.54. The van der Waals surface area contributed by atoms with E-state index < -0.39 is 0 Å². The van der Waals surface area contributed by atoms with Crippen molar-refractivity contribution < 1.29 is 0 Å². The Hall–Kier alpha value is -2.70. The van der Waals surface area contributed by atoms with Crippen molar-refractivity contribution in [2.45, 2.75) is 23.9 Å². The van der Waals surface area contributed by atoms with Crippen LogP contribution in [0.1, 0.15) is 11.1 Å². The Morgan fingerprint density at radius 2 is 0.857 bits per heavy atom. The van der Waals surface area contributed by atoms with Gasteiger partial charge in [-0.3, -0.25) is 0 Å². The van der Waals surface area contributed by atoms with Crippen LogP contribution < -0.4 is 0 Å². The second-order valence-electron chi connectivity index (χ2n) is 6.41. The van der Waals surface area contributed by atoms with E-state index in [1.807, 2.05) is 24.3 Å². The van der Waals surface area contributed by atoms with E-state index in [9.17, 15) is 0 Å². The minimum atomic E-state index is 0.838. The maximum absolute atomic E-state index is 4.33. The molecule has 0 radical (unpaired) electrons. The highest BCUT2D eigenvalue weighted by molar-refractivity contribution is 8.76. The standard InChI is InChI=1S/C22H18N4S2/c1-15-3-7-17(8-4-15)19-11-13-21(25-23-19)27-28-22-14-12-20(24-26-22)18-9-5-16(2)6-10-18/h3-14H,1-2H3. The van der Waals surface area contributed by atoms with Crippen molar-refractivity contribution in [3.63, 3.8) is 0 Å². The van der Waals surface area contributed by atoms with Crippen LogP contribution in [0.2, 0.25) is 0 Å². The Morgan fingerprint density at radius 1 is 0.464 bits per heavy atom. The van der Waals surface area contributed by atoms with E-state index in [-0.39, 0.29) is 0 Å². The fraction of sp³-hybridized carbons (Fsp3) is 0.0909. The van der Waals surface area contributed by atoms with Crippen LogP contribution in [0.25, 0.3) is 22.5 Å². The molecule has 0 aliphatic heterocycles. The Labute approximate surface area is 172 Å². The molecule has 28 heavy (non-hydrogen) atoms. The van der Waals surface area contributed by atoms with Crippen LogP contribution >= 0.6 is 21.6 Å². The molecule has 0 saturated heterocycles. The van der Waals surface area contributed by atoms with E-state index in [4.69, 9.17) is 0 Å². The third kappa shape index (κ3) is 4.58. The molecule has 138 valence electrons. The highest BCUT2D eigenvalue weighted by atomic mass is 33.1. The number of benzene rings is 2. The van der Waals surface area contributed by atoms with Gasteiger partial charge in [-0.2, -0.15) is 0 Å². The number of nitrogens with zero attached hydrogens (tertiary/aromatic N) is 4. The summed E-state index contributed by atoms with van der Waals surface area (Å²) >= 11 is 0. The minimum Gasteiger partial charge on any atom is -0.149 e. The first kappa shape index (κ1) is 18.7. The summed E-state index contributed by atoms with van der Waals surface area (Å²) in [7, 11) is 3.05. The molecule has 0 N–H and O–H groups in total. The molecule has 0 atom stereocenters. The maximum Gasteiger partial charge on any atom is 0.130 e. The fourth-order valence-corrected chi connectivity index (χ4v) is 4.18. The molecule has 2 aromatic heterocycles. The lowest BCUT2D eigenvalue weighted by molar-refractivity contribution is 0.935. The Balaban J connectivity index is 1.39. The number of rotatable bonds is 5. The molecule has 4 aromatic rings. The Kier molecular flexibility index (Phi) is 5.69. The zero-order valence-electron chi connectivity index (χ0n) is 15.5. The largest absolute Gasteiger partial charge is 0.149 e. The van der Waals surface area contributed by atoms with E-state index in [1.54, 1.807) is 0 Å². The van der Waals surface area contributed by atoms with Gasteiger partial charge >= 0.3 is 0 Å². The second-order valence-corrected chi connectivity index (χ2v) is 8.58. The van der Waals surface area contributed by atoms with Crippen molar-refractivity contribution in [2.75, 3.05) is 0 Å². The van der Waals surface area contributed by atoms with Crippen LogP contribution in [-0.4, -0.2) is 20.4 Å². The van der Waals surface area contributed by atoms with Crippen molar-refractivity contribution in [1.82, 2.24) is 20.4 Å². The van der Waals surface area contributed by atoms with E-state index in [1.165, 1.54) is 32.7 Å². The van der Waals surface area contributed by atoms with Gasteiger partial charge in [0.15, 0.2) is 0 Å². The van der Waals surface area contributed by atoms with Gasteiger partial charge in [0, 0.05) is 11.1 Å². The molecule has 6 heteroatoms. The molecule has 2 aromatic carbocycles. The first-order chi connectivity index (χ1) is 13.7. The fourth-order valence-electron chi connectivity index (χ4n) is 2.57. The highest BCUT2D eigenvalue weighted by Crippen LogP contribution is 2.35. The SMILES string of the molecule is Cc1ccc(-c2ccc(SSc3ccc(-c4ccc(C)cc4)nn3)nn2)cc1. The Bertz CT molecular complexity index is 957. The zero-order valence-corrected chi connectivity index (χ0v) is 17.2. The van der Waals surface area contributed by atoms with Crippen LogP contribution in [-0.2, 0) is 0 Å². The van der Waals surface area contributed by atoms with E-state index in [0.717, 1.165) is 32.6 Å². The molecule has 0 bridgehead atoms. The maximum atomic E-state index is 4.33. The summed E-state index contributed by atoms with van der Waals surface area (Å²) < 4.78 is 0. The van der Waals surface area contributed by atoms with Gasteiger partial charge in [-0.05, 0) is 59.7 Å². The van der Waals surface area contributed by atoms with Gasteiger partial charge in [-0.1, -0.05) is 59.7 Å². The first-order valence-corrected chi connectivity index (χ1v) is 11.0. The van der Waals surface area contributed by atoms with E-state index in [0.29, 0.717) is 0 Å². The quantitative estimate of drug-likeness (QED) is 0.381. The summed E-state index contributed by atoms with van der Waals surface area (Å²) in [5.74, 6) is 0. The first-order valence-electron chi connectivity index (χ1n) is 8.83. The normalized spacial score (nSPS) is 10.8. The highest BCUT2D eigenvalue weighted by Gasteiger charge is 2.05. The molecule has 4 nitrogen and oxygen atoms in total. The summed E-state index contributed by atoms with van der Waals surface area (Å²) in [5, 5.41) is 19.0. The van der Waals surface area contributed by atoms with Gasteiger partial charge < -0.3 is 0 Å². The van der Waals surface area contributed by atoms with Gasteiger partial charge in [-0.15, -0.1) is 20.4 Å². The molecule has 0 amide bonds. The summed E-state index contributed by atoms with van der Waals surface area (Å²) in [6.07, 6.45) is 0. The molecule has 0 aliphatic rings. The van der Waals surface area contributed by atoms with Crippen LogP contribution in [0.4, 0.5) is 0 Å². The third-order valence-electron chi connectivity index (χ3n) is 4.19. The van der Waals surface area contributed by atoms with E-state index >= 15 is 0 Å². The zero-order chi connectivity index (χ0) is 19.3. The van der Waals surface area contributed by atoms with Gasteiger partial charge in [0.25, 0.3) is 0 Å². The van der Waals surface area contributed by atoms with Gasteiger partial charge in [0.05, 0.1) is 11.4 Å². The van der Waals surface area contributed by atoms with Crippen molar-refractivity contribution >= 4 is 21.6 Å². The van der Waals surface area contributed by atoms with Crippen LogP contribution in [0, 0.1) is 13.8 Å². The number of hydrogen-bond donors (Lipinski definition) is 0. The minimum absolute atomic E-state index is 0.838. The monoisotopic (exact) mass is 402 g/mol. The lowest BCUT2D eigenvalue weighted by atomic mass is 10.1. The molecule has 0 fully saturated rings. The number of aryl methyl sites for hydroxylation is 2. The molecule has 0 unspecified atom stereocenters. The molecule has 0 aliphatic carbocycles. The van der Waals surface area contributed by atoms with Crippen molar-refractivity contribution in [3.8, 4) is 22.5 Å². The molecule has 4 rings (SSSR count). The van der Waals surface area contributed by atoms with Crippen molar-refractivity contribution in [2.24, 2.45) is 0 Å². The summed E-state index contributed by atoms with van der Waals surface area (Å²) in [4.78, 5) is 0. The average molecular weight is 403 g/mol. The topological polar surface area (TPSA) is 51.6 Å². The molecule has 0 saturated carbocycles. The van der Waals surface area contributed by atoms with Crippen LogP contribution in [0.3, 0.4) is 0 Å². The average Bonchev–Trinajstić information content (AvgIpc) is 2.74. The molecule has 0 spiro atoms. The molecular weight excluding hydrogens is 384 g/mol. The van der Waals surface area contributed by atoms with Gasteiger partial charge in [0.2, 0.25) is 0 Å². The smallest absolute Gasteiger partial charge is 0.130 e. The molecular formula is C22H18N4S2. The summed E-state index contributed by atoms with van der Waals surface area (Å²) in [6, 6.07) is 24.5. The summed E-state index contributed by atoms with van der Waals surface area (Å²) in [6.45, 7) is 4.14. The number of hydrogen-bond acceptors (Lipinski definition) is 6. The van der Waals surface area contributed by atoms with Crippen molar-refractivity contribution in [1.29, 1.82) is 0 Å². The van der Waals surface area contributed by atoms with Crippen molar-refractivity contribution in [3.05, 3.63) is 83.9 Å². The lowest BCUT2D eigenvalue weighted by Gasteiger charge is -2.03. The van der Waals surface area contributed by atoms with Gasteiger partial charge in [-0.25, -0.2) is 0 Å².